The van der Waals surface area contributed by atoms with Crippen LogP contribution in [-0.4, -0.2) is 5.91 Å². The topological polar surface area (TPSA) is 55.1 Å². The van der Waals surface area contributed by atoms with Crippen molar-refractivity contribution in [1.82, 2.24) is 5.32 Å². The molecule has 98 valence electrons. The Kier molecular flexibility index (Phi) is 4.07. The first-order valence-electron chi connectivity index (χ1n) is 5.95. The highest BCUT2D eigenvalue weighted by Crippen LogP contribution is 2.13. The third-order valence-corrected chi connectivity index (χ3v) is 3.08. The van der Waals surface area contributed by atoms with Gasteiger partial charge >= 0.3 is 0 Å². The van der Waals surface area contributed by atoms with Gasteiger partial charge in [0, 0.05) is 22.8 Å². The van der Waals surface area contributed by atoms with Crippen LogP contribution in [0.5, 0.6) is 0 Å². The van der Waals surface area contributed by atoms with E-state index in [0.29, 0.717) is 22.8 Å². The number of halogens is 1. The predicted molar refractivity (Wildman–Crippen MR) is 78.2 cm³/mol. The molecule has 2 rings (SSSR count). The van der Waals surface area contributed by atoms with Gasteiger partial charge in [0.05, 0.1) is 0 Å². The number of hydrogen-bond acceptors (Lipinski definition) is 2. The molecule has 0 bridgehead atoms. The van der Waals surface area contributed by atoms with Gasteiger partial charge in [-0.05, 0) is 42.3 Å². The summed E-state index contributed by atoms with van der Waals surface area (Å²) < 4.78 is 0. The van der Waals surface area contributed by atoms with E-state index < -0.39 is 0 Å². The van der Waals surface area contributed by atoms with Crippen LogP contribution in [0.3, 0.4) is 0 Å². The summed E-state index contributed by atoms with van der Waals surface area (Å²) in [5.41, 5.74) is 8.74. The maximum Gasteiger partial charge on any atom is 0.251 e. The van der Waals surface area contributed by atoms with Crippen LogP contribution in [0.1, 0.15) is 21.5 Å². The Morgan fingerprint density at radius 3 is 2.79 bits per heavy atom. The van der Waals surface area contributed by atoms with Crippen molar-refractivity contribution in [3.63, 3.8) is 0 Å². The SMILES string of the molecule is Cc1ccc(N)cc1C(=O)NCc1cccc(Cl)c1. The number of anilines is 1. The molecule has 0 unspecified atom stereocenters. The van der Waals surface area contributed by atoms with Gasteiger partial charge in [0.1, 0.15) is 0 Å². The van der Waals surface area contributed by atoms with Gasteiger partial charge in [-0.15, -0.1) is 0 Å². The van der Waals surface area contributed by atoms with Gasteiger partial charge in [-0.3, -0.25) is 4.79 Å². The number of carbonyl (C=O) groups excluding carboxylic acids is 1. The van der Waals surface area contributed by atoms with Gasteiger partial charge in [0.15, 0.2) is 0 Å². The fourth-order valence-electron chi connectivity index (χ4n) is 1.81. The maximum absolute atomic E-state index is 12.1. The summed E-state index contributed by atoms with van der Waals surface area (Å²) in [6.45, 7) is 2.32. The van der Waals surface area contributed by atoms with Crippen LogP contribution in [0.2, 0.25) is 5.02 Å². The minimum atomic E-state index is -0.134. The van der Waals surface area contributed by atoms with E-state index in [1.165, 1.54) is 0 Å². The minimum Gasteiger partial charge on any atom is -0.399 e. The fraction of sp³-hybridized carbons (Fsp3) is 0.133. The van der Waals surface area contributed by atoms with E-state index in [1.807, 2.05) is 31.2 Å². The Morgan fingerprint density at radius 2 is 2.05 bits per heavy atom. The number of rotatable bonds is 3. The van der Waals surface area contributed by atoms with Crippen molar-refractivity contribution >= 4 is 23.2 Å². The number of amides is 1. The molecule has 3 nitrogen and oxygen atoms in total. The van der Waals surface area contributed by atoms with E-state index in [2.05, 4.69) is 5.32 Å². The van der Waals surface area contributed by atoms with E-state index in [4.69, 9.17) is 17.3 Å². The summed E-state index contributed by atoms with van der Waals surface area (Å²) >= 11 is 5.89. The van der Waals surface area contributed by atoms with Crippen LogP contribution in [0.25, 0.3) is 0 Å². The van der Waals surface area contributed by atoms with Gasteiger partial charge in [-0.1, -0.05) is 29.8 Å². The lowest BCUT2D eigenvalue weighted by Crippen LogP contribution is -2.23. The molecule has 2 aromatic carbocycles. The summed E-state index contributed by atoms with van der Waals surface area (Å²) in [5, 5.41) is 3.52. The van der Waals surface area contributed by atoms with Crippen molar-refractivity contribution in [3.8, 4) is 0 Å². The van der Waals surface area contributed by atoms with Crippen LogP contribution in [0.15, 0.2) is 42.5 Å². The first-order chi connectivity index (χ1) is 9.06. The minimum absolute atomic E-state index is 0.134. The molecule has 0 heterocycles. The van der Waals surface area contributed by atoms with Gasteiger partial charge < -0.3 is 11.1 Å². The molecule has 0 saturated carbocycles. The Labute approximate surface area is 117 Å². The van der Waals surface area contributed by atoms with E-state index in [1.54, 1.807) is 18.2 Å². The Balaban J connectivity index is 2.07. The second-order valence-corrected chi connectivity index (χ2v) is 4.82. The monoisotopic (exact) mass is 274 g/mol. The summed E-state index contributed by atoms with van der Waals surface area (Å²) in [7, 11) is 0. The lowest BCUT2D eigenvalue weighted by atomic mass is 10.1. The molecule has 0 atom stereocenters. The number of nitrogen functional groups attached to an aromatic ring is 1. The number of aryl methyl sites for hydroxylation is 1. The standard InChI is InChI=1S/C15H15ClN2O/c1-10-5-6-13(17)8-14(10)15(19)18-9-11-3-2-4-12(16)7-11/h2-8H,9,17H2,1H3,(H,18,19). The molecule has 0 spiro atoms. The zero-order valence-corrected chi connectivity index (χ0v) is 11.4. The maximum atomic E-state index is 12.1. The summed E-state index contributed by atoms with van der Waals surface area (Å²) in [6.07, 6.45) is 0. The van der Waals surface area contributed by atoms with Gasteiger partial charge in [0.25, 0.3) is 5.91 Å². The molecule has 0 fully saturated rings. The molecule has 19 heavy (non-hydrogen) atoms. The van der Waals surface area contributed by atoms with Crippen LogP contribution < -0.4 is 11.1 Å². The summed E-state index contributed by atoms with van der Waals surface area (Å²) in [4.78, 5) is 12.1. The van der Waals surface area contributed by atoms with Crippen molar-refractivity contribution in [3.05, 3.63) is 64.2 Å². The molecule has 0 radical (unpaired) electrons. The molecular formula is C15H15ClN2O. The van der Waals surface area contributed by atoms with Crippen LogP contribution in [0, 0.1) is 6.92 Å². The van der Waals surface area contributed by atoms with E-state index in [-0.39, 0.29) is 5.91 Å². The van der Waals surface area contributed by atoms with Crippen molar-refractivity contribution < 1.29 is 4.79 Å². The molecule has 0 aliphatic carbocycles. The molecule has 2 aromatic rings. The van der Waals surface area contributed by atoms with Crippen LogP contribution in [0.4, 0.5) is 5.69 Å². The average Bonchev–Trinajstić information content (AvgIpc) is 2.39. The van der Waals surface area contributed by atoms with Crippen molar-refractivity contribution in [2.24, 2.45) is 0 Å². The van der Waals surface area contributed by atoms with Gasteiger partial charge in [0.2, 0.25) is 0 Å². The first kappa shape index (κ1) is 13.4. The first-order valence-corrected chi connectivity index (χ1v) is 6.33. The van der Waals surface area contributed by atoms with Crippen molar-refractivity contribution in [2.45, 2.75) is 13.5 Å². The highest BCUT2D eigenvalue weighted by molar-refractivity contribution is 6.30. The Hall–Kier alpha value is -2.00. The molecule has 0 aromatic heterocycles. The number of hydrogen-bond donors (Lipinski definition) is 2. The highest BCUT2D eigenvalue weighted by atomic mass is 35.5. The number of nitrogens with one attached hydrogen (secondary N) is 1. The molecule has 0 aliphatic rings. The number of carbonyl (C=O) groups is 1. The van der Waals surface area contributed by atoms with Crippen molar-refractivity contribution in [2.75, 3.05) is 5.73 Å². The van der Waals surface area contributed by atoms with Gasteiger partial charge in [-0.25, -0.2) is 0 Å². The van der Waals surface area contributed by atoms with E-state index in [0.717, 1.165) is 11.1 Å². The number of benzene rings is 2. The lowest BCUT2D eigenvalue weighted by Gasteiger charge is -2.08. The zero-order valence-electron chi connectivity index (χ0n) is 10.6. The average molecular weight is 275 g/mol. The van der Waals surface area contributed by atoms with Crippen LogP contribution >= 0.6 is 11.6 Å². The predicted octanol–water partition coefficient (Wildman–Crippen LogP) is 3.16. The second kappa shape index (κ2) is 5.76. The zero-order chi connectivity index (χ0) is 13.8. The fourth-order valence-corrected chi connectivity index (χ4v) is 2.02. The Morgan fingerprint density at radius 1 is 1.26 bits per heavy atom. The molecule has 0 aliphatic heterocycles. The quantitative estimate of drug-likeness (QED) is 0.845. The van der Waals surface area contributed by atoms with E-state index >= 15 is 0 Å². The summed E-state index contributed by atoms with van der Waals surface area (Å²) in [6, 6.07) is 12.7. The van der Waals surface area contributed by atoms with E-state index in [9.17, 15) is 4.79 Å². The van der Waals surface area contributed by atoms with Crippen molar-refractivity contribution in [1.29, 1.82) is 0 Å². The molecule has 4 heteroatoms. The number of nitrogens with two attached hydrogens (primary N) is 1. The third-order valence-electron chi connectivity index (χ3n) is 2.85. The molecule has 0 saturated heterocycles. The molecule has 3 N–H and O–H groups in total. The van der Waals surface area contributed by atoms with Crippen LogP contribution in [-0.2, 0) is 6.54 Å². The van der Waals surface area contributed by atoms with Gasteiger partial charge in [-0.2, -0.15) is 0 Å². The second-order valence-electron chi connectivity index (χ2n) is 4.39. The Bertz CT molecular complexity index is 611. The normalized spacial score (nSPS) is 10.2. The third kappa shape index (κ3) is 3.48. The smallest absolute Gasteiger partial charge is 0.251 e. The highest BCUT2D eigenvalue weighted by Gasteiger charge is 2.09. The largest absolute Gasteiger partial charge is 0.399 e. The molecule has 1 amide bonds. The molecular weight excluding hydrogens is 260 g/mol. The lowest BCUT2D eigenvalue weighted by molar-refractivity contribution is 0.0950. The summed E-state index contributed by atoms with van der Waals surface area (Å²) in [5.74, 6) is -0.134.